The fourth-order valence-corrected chi connectivity index (χ4v) is 3.97. The summed E-state index contributed by atoms with van der Waals surface area (Å²) >= 11 is 6.40. The van der Waals surface area contributed by atoms with Gasteiger partial charge in [0.05, 0.1) is 21.6 Å². The van der Waals surface area contributed by atoms with E-state index in [1.54, 1.807) is 11.8 Å². The van der Waals surface area contributed by atoms with Crippen LogP contribution in [-0.2, 0) is 10.8 Å². The fraction of sp³-hybridized carbons (Fsp3) is 0.533. The molecule has 1 unspecified atom stereocenters. The molecule has 1 rings (SSSR count). The topological polar surface area (TPSA) is 29.4 Å². The predicted molar refractivity (Wildman–Crippen MR) is 92.9 cm³/mol. The molecule has 0 amide bonds. The average molecular weight is 328 g/mol. The van der Waals surface area contributed by atoms with E-state index in [1.807, 2.05) is 39.0 Å². The van der Waals surface area contributed by atoms with Gasteiger partial charge in [0.1, 0.15) is 0 Å². The molecule has 20 heavy (non-hydrogen) atoms. The number of thiocarbonyl (C=S) groups is 1. The van der Waals surface area contributed by atoms with E-state index in [1.165, 1.54) is 0 Å². The minimum absolute atomic E-state index is 0.0838. The number of benzene rings is 1. The summed E-state index contributed by atoms with van der Waals surface area (Å²) in [6.07, 6.45) is 0. The van der Waals surface area contributed by atoms with Gasteiger partial charge >= 0.3 is 0 Å². The van der Waals surface area contributed by atoms with Gasteiger partial charge in [-0.05, 0) is 51.2 Å². The van der Waals surface area contributed by atoms with Gasteiger partial charge in [0.25, 0.3) is 0 Å². The van der Waals surface area contributed by atoms with Gasteiger partial charge in [0.15, 0.2) is 0 Å². The molecule has 0 heterocycles. The van der Waals surface area contributed by atoms with Crippen molar-refractivity contribution in [1.29, 1.82) is 0 Å². The highest BCUT2D eigenvalue weighted by Crippen LogP contribution is 2.36. The maximum absolute atomic E-state index is 12.6. The van der Waals surface area contributed by atoms with Crippen LogP contribution in [0.2, 0.25) is 0 Å². The van der Waals surface area contributed by atoms with Crippen LogP contribution in [0.25, 0.3) is 0 Å². The van der Waals surface area contributed by atoms with Crippen LogP contribution in [0, 0.1) is 0 Å². The van der Waals surface area contributed by atoms with Crippen LogP contribution >= 0.6 is 24.0 Å². The van der Waals surface area contributed by atoms with Gasteiger partial charge in [-0.1, -0.05) is 20.8 Å². The molecule has 1 atom stereocenters. The first kappa shape index (κ1) is 17.6. The molecule has 5 heteroatoms. The zero-order chi connectivity index (χ0) is 15.6. The Morgan fingerprint density at radius 1 is 1.15 bits per heavy atom. The Morgan fingerprint density at radius 2 is 1.75 bits per heavy atom. The predicted octanol–water partition coefficient (Wildman–Crippen LogP) is 5.22. The van der Waals surface area contributed by atoms with Crippen LogP contribution in [-0.4, -0.2) is 18.9 Å². The van der Waals surface area contributed by atoms with Crippen LogP contribution in [0.5, 0.6) is 0 Å². The standard InChI is InChI=1S/C15H21NOS3/c1-14(2,3)19-12-7-11(16-10-18)8-13(9-12)20(17)15(4,5)6/h7-9H,1-6H3. The second-order valence-electron chi connectivity index (χ2n) is 6.46. The molecule has 1 aromatic rings. The normalized spacial score (nSPS) is 13.7. The molecule has 2 nitrogen and oxygen atoms in total. The molecule has 0 aliphatic carbocycles. The van der Waals surface area contributed by atoms with Crippen LogP contribution in [0.3, 0.4) is 0 Å². The summed E-state index contributed by atoms with van der Waals surface area (Å²) in [7, 11) is -1.09. The number of aliphatic imine (C=N–C) groups is 1. The van der Waals surface area contributed by atoms with Gasteiger partial charge in [0.2, 0.25) is 0 Å². The number of thioether (sulfide) groups is 1. The largest absolute Gasteiger partial charge is 0.254 e. The van der Waals surface area contributed by atoms with Crippen molar-refractivity contribution in [2.24, 2.45) is 4.99 Å². The van der Waals surface area contributed by atoms with E-state index in [4.69, 9.17) is 0 Å². The third-order valence-electron chi connectivity index (χ3n) is 2.23. The Labute approximate surface area is 133 Å². The van der Waals surface area contributed by atoms with Crippen molar-refractivity contribution >= 4 is 45.6 Å². The SMILES string of the molecule is CC(C)(C)Sc1cc(N=C=S)cc(S(=O)C(C)(C)C)c1. The lowest BCUT2D eigenvalue weighted by atomic mass is 10.3. The molecule has 0 bridgehead atoms. The maximum Gasteiger partial charge on any atom is 0.0762 e. The van der Waals surface area contributed by atoms with Crippen molar-refractivity contribution in [2.75, 3.05) is 0 Å². The number of rotatable bonds is 3. The molecule has 0 aliphatic heterocycles. The Balaban J connectivity index is 3.31. The summed E-state index contributed by atoms with van der Waals surface area (Å²) in [5.74, 6) is 0. The van der Waals surface area contributed by atoms with Gasteiger partial charge < -0.3 is 0 Å². The first-order valence-electron chi connectivity index (χ1n) is 6.37. The number of nitrogens with zero attached hydrogens (tertiary/aromatic N) is 1. The number of isothiocyanates is 1. The second kappa shape index (κ2) is 6.52. The van der Waals surface area contributed by atoms with E-state index in [2.05, 4.69) is 43.1 Å². The highest BCUT2D eigenvalue weighted by Gasteiger charge is 2.23. The minimum Gasteiger partial charge on any atom is -0.254 e. The first-order chi connectivity index (χ1) is 9.03. The zero-order valence-corrected chi connectivity index (χ0v) is 15.3. The molecule has 0 fully saturated rings. The molecule has 110 valence electrons. The summed E-state index contributed by atoms with van der Waals surface area (Å²) in [4.78, 5) is 5.88. The van der Waals surface area contributed by atoms with Gasteiger partial charge in [0, 0.05) is 19.3 Å². The second-order valence-corrected chi connectivity index (χ2v) is 10.8. The van der Waals surface area contributed by atoms with E-state index in [0.717, 1.165) is 9.79 Å². The summed E-state index contributed by atoms with van der Waals surface area (Å²) in [6, 6.07) is 5.77. The van der Waals surface area contributed by atoms with E-state index in [0.29, 0.717) is 5.69 Å². The lowest BCUT2D eigenvalue weighted by Crippen LogP contribution is -2.21. The molecule has 0 saturated carbocycles. The summed E-state index contributed by atoms with van der Waals surface area (Å²) in [5, 5.41) is 2.38. The van der Waals surface area contributed by atoms with Crippen molar-refractivity contribution in [3.8, 4) is 0 Å². The lowest BCUT2D eigenvalue weighted by molar-refractivity contribution is 0.648. The Bertz CT molecular complexity index is 561. The molecule has 0 aliphatic rings. The van der Waals surface area contributed by atoms with Crippen molar-refractivity contribution < 1.29 is 4.21 Å². The van der Waals surface area contributed by atoms with Gasteiger partial charge in [-0.15, -0.1) is 11.8 Å². The number of hydrogen-bond donors (Lipinski definition) is 0. The van der Waals surface area contributed by atoms with Gasteiger partial charge in [-0.25, -0.2) is 0 Å². The average Bonchev–Trinajstić information content (AvgIpc) is 2.24. The smallest absolute Gasteiger partial charge is 0.0762 e. The highest BCUT2D eigenvalue weighted by molar-refractivity contribution is 8.00. The van der Waals surface area contributed by atoms with E-state index < -0.39 is 10.8 Å². The monoisotopic (exact) mass is 327 g/mol. The third kappa shape index (κ3) is 5.49. The zero-order valence-electron chi connectivity index (χ0n) is 12.8. The Kier molecular flexibility index (Phi) is 5.73. The fourth-order valence-electron chi connectivity index (χ4n) is 1.55. The van der Waals surface area contributed by atoms with Gasteiger partial charge in [-0.3, -0.25) is 4.21 Å². The van der Waals surface area contributed by atoms with Crippen molar-refractivity contribution in [3.63, 3.8) is 0 Å². The third-order valence-corrected chi connectivity index (χ3v) is 5.19. The van der Waals surface area contributed by atoms with E-state index >= 15 is 0 Å². The molecule has 0 spiro atoms. The molecule has 0 saturated heterocycles. The van der Waals surface area contributed by atoms with Crippen molar-refractivity contribution in [1.82, 2.24) is 0 Å². The summed E-state index contributed by atoms with van der Waals surface area (Å²) < 4.78 is 12.3. The van der Waals surface area contributed by atoms with Crippen molar-refractivity contribution in [2.45, 2.75) is 60.8 Å². The van der Waals surface area contributed by atoms with E-state index in [-0.39, 0.29) is 9.49 Å². The number of hydrogen-bond acceptors (Lipinski definition) is 4. The van der Waals surface area contributed by atoms with Gasteiger partial charge in [-0.2, -0.15) is 4.99 Å². The van der Waals surface area contributed by atoms with Crippen molar-refractivity contribution in [3.05, 3.63) is 18.2 Å². The molecule has 0 radical (unpaired) electrons. The summed E-state index contributed by atoms with van der Waals surface area (Å²) in [5.41, 5.74) is 0.710. The first-order valence-corrected chi connectivity index (χ1v) is 8.74. The maximum atomic E-state index is 12.6. The van der Waals surface area contributed by atoms with Crippen LogP contribution in [0.1, 0.15) is 41.5 Å². The molecule has 0 aromatic heterocycles. The van der Waals surface area contributed by atoms with Crippen LogP contribution in [0.4, 0.5) is 5.69 Å². The molecular weight excluding hydrogens is 306 g/mol. The van der Waals surface area contributed by atoms with Crippen LogP contribution in [0.15, 0.2) is 33.0 Å². The molecule has 0 N–H and O–H groups in total. The molecule has 1 aromatic carbocycles. The quantitative estimate of drug-likeness (QED) is 0.433. The Hall–Kier alpha value is -0.480. The van der Waals surface area contributed by atoms with E-state index in [9.17, 15) is 4.21 Å². The summed E-state index contributed by atoms with van der Waals surface area (Å²) in [6.45, 7) is 12.3. The molecular formula is C15H21NOS3. The highest BCUT2D eigenvalue weighted by atomic mass is 32.2. The van der Waals surface area contributed by atoms with Crippen LogP contribution < -0.4 is 0 Å². The lowest BCUT2D eigenvalue weighted by Gasteiger charge is -2.21. The minimum atomic E-state index is -1.09. The Morgan fingerprint density at radius 3 is 2.20 bits per heavy atom.